The Hall–Kier alpha value is -1.85. The van der Waals surface area contributed by atoms with Crippen LogP contribution in [0.15, 0.2) is 0 Å². The minimum atomic E-state index is -0.385. The first-order chi connectivity index (χ1) is 7.45. The van der Waals surface area contributed by atoms with E-state index in [-0.39, 0.29) is 12.5 Å². The monoisotopic (exact) mass is 223 g/mol. The highest BCUT2D eigenvalue weighted by Crippen LogP contribution is 2.21. The van der Waals surface area contributed by atoms with Crippen LogP contribution in [-0.4, -0.2) is 36.5 Å². The van der Waals surface area contributed by atoms with Gasteiger partial charge in [-0.05, 0) is 13.8 Å². The number of hydrogen-bond donors (Lipinski definition) is 2. The van der Waals surface area contributed by atoms with Gasteiger partial charge in [0.15, 0.2) is 0 Å². The highest BCUT2D eigenvalue weighted by atomic mass is 16.1. The van der Waals surface area contributed by atoms with Crippen LogP contribution < -0.4 is 16.0 Å². The number of hydrogen-bond acceptors (Lipinski definition) is 5. The van der Waals surface area contributed by atoms with E-state index in [9.17, 15) is 4.79 Å². The quantitative estimate of drug-likeness (QED) is 0.754. The zero-order chi connectivity index (χ0) is 12.3. The largest absolute Gasteiger partial charge is 0.373 e. The van der Waals surface area contributed by atoms with E-state index in [0.717, 1.165) is 17.2 Å². The van der Waals surface area contributed by atoms with Crippen molar-refractivity contribution in [2.75, 3.05) is 30.9 Å². The first-order valence-electron chi connectivity index (χ1n) is 4.98. The summed E-state index contributed by atoms with van der Waals surface area (Å²) in [5, 5.41) is 2.99. The lowest BCUT2D eigenvalue weighted by Crippen LogP contribution is -2.32. The van der Waals surface area contributed by atoms with E-state index in [4.69, 9.17) is 5.73 Å². The van der Waals surface area contributed by atoms with E-state index >= 15 is 0 Å². The summed E-state index contributed by atoms with van der Waals surface area (Å²) in [6, 6.07) is 0. The molecular weight excluding hydrogens is 206 g/mol. The maximum atomic E-state index is 10.9. The molecule has 6 nitrogen and oxygen atoms in total. The van der Waals surface area contributed by atoms with Crippen molar-refractivity contribution in [3.63, 3.8) is 0 Å². The molecule has 0 aliphatic rings. The van der Waals surface area contributed by atoms with Crippen LogP contribution in [0, 0.1) is 13.8 Å². The average Bonchev–Trinajstić information content (AvgIpc) is 2.19. The summed E-state index contributed by atoms with van der Waals surface area (Å²) in [5.74, 6) is 1.75. The molecule has 0 bridgehead atoms. The summed E-state index contributed by atoms with van der Waals surface area (Å²) in [7, 11) is 3.58. The van der Waals surface area contributed by atoms with Gasteiger partial charge in [-0.2, -0.15) is 0 Å². The third kappa shape index (κ3) is 2.59. The minimum Gasteiger partial charge on any atom is -0.373 e. The van der Waals surface area contributed by atoms with Crippen molar-refractivity contribution in [2.45, 2.75) is 13.8 Å². The maximum Gasteiger partial charge on any atom is 0.236 e. The highest BCUT2D eigenvalue weighted by molar-refractivity contribution is 5.79. The topological polar surface area (TPSA) is 84.1 Å². The van der Waals surface area contributed by atoms with E-state index in [1.807, 2.05) is 13.8 Å². The van der Waals surface area contributed by atoms with Crippen LogP contribution in [0.3, 0.4) is 0 Å². The lowest BCUT2D eigenvalue weighted by Gasteiger charge is -2.20. The van der Waals surface area contributed by atoms with Crippen LogP contribution in [-0.2, 0) is 4.79 Å². The predicted octanol–water partition coefficient (Wildman–Crippen LogP) is 0.0566. The van der Waals surface area contributed by atoms with E-state index < -0.39 is 0 Å². The van der Waals surface area contributed by atoms with Crippen molar-refractivity contribution in [3.05, 3.63) is 11.4 Å². The van der Waals surface area contributed by atoms with Gasteiger partial charge in [0.2, 0.25) is 5.91 Å². The Morgan fingerprint density at radius 2 is 2.06 bits per heavy atom. The summed E-state index contributed by atoms with van der Waals surface area (Å²) in [5.41, 5.74) is 6.05. The van der Waals surface area contributed by atoms with E-state index in [2.05, 4.69) is 15.3 Å². The number of likely N-dealkylation sites (N-methyl/N-ethyl adjacent to an activating group) is 1. The van der Waals surface area contributed by atoms with Crippen molar-refractivity contribution in [2.24, 2.45) is 5.73 Å². The number of aromatic nitrogens is 2. The molecule has 1 heterocycles. The number of carbonyl (C=O) groups is 1. The van der Waals surface area contributed by atoms with Gasteiger partial charge in [-0.25, -0.2) is 9.97 Å². The lowest BCUT2D eigenvalue weighted by molar-refractivity contribution is -0.116. The number of nitrogens with two attached hydrogens (primary N) is 1. The van der Waals surface area contributed by atoms with Crippen LogP contribution >= 0.6 is 0 Å². The summed E-state index contributed by atoms with van der Waals surface area (Å²) in [6.45, 7) is 3.85. The standard InChI is InChI=1S/C10H17N5O/c1-6-9(12-3)13-7(2)14-10(6)15(4)5-8(11)16/h5H2,1-4H3,(H2,11,16)(H,12,13,14). The van der Waals surface area contributed by atoms with Gasteiger partial charge in [0.05, 0.1) is 6.54 Å². The van der Waals surface area contributed by atoms with Crippen LogP contribution in [0.2, 0.25) is 0 Å². The van der Waals surface area contributed by atoms with Gasteiger partial charge in [0, 0.05) is 19.7 Å². The SMILES string of the molecule is CNc1nc(C)nc(N(C)CC(N)=O)c1C. The van der Waals surface area contributed by atoms with Crippen molar-refractivity contribution in [1.82, 2.24) is 9.97 Å². The summed E-state index contributed by atoms with van der Waals surface area (Å²) in [6.07, 6.45) is 0. The second kappa shape index (κ2) is 4.78. The molecular formula is C10H17N5O. The molecule has 1 aromatic rings. The fourth-order valence-electron chi connectivity index (χ4n) is 1.54. The van der Waals surface area contributed by atoms with Crippen LogP contribution in [0.5, 0.6) is 0 Å². The Morgan fingerprint density at radius 3 is 2.56 bits per heavy atom. The molecule has 0 fully saturated rings. The Labute approximate surface area is 94.9 Å². The zero-order valence-electron chi connectivity index (χ0n) is 10.0. The number of anilines is 2. The normalized spacial score (nSPS) is 10.0. The van der Waals surface area contributed by atoms with Gasteiger partial charge >= 0.3 is 0 Å². The second-order valence-electron chi connectivity index (χ2n) is 3.64. The molecule has 1 aromatic heterocycles. The number of primary amides is 1. The van der Waals surface area contributed by atoms with Crippen molar-refractivity contribution in [3.8, 4) is 0 Å². The Kier molecular flexibility index (Phi) is 3.65. The van der Waals surface area contributed by atoms with E-state index in [0.29, 0.717) is 5.82 Å². The number of carbonyl (C=O) groups excluding carboxylic acids is 1. The molecule has 1 rings (SSSR count). The van der Waals surface area contributed by atoms with Gasteiger partial charge in [0.25, 0.3) is 0 Å². The summed E-state index contributed by atoms with van der Waals surface area (Å²) < 4.78 is 0. The third-order valence-corrected chi connectivity index (χ3v) is 2.22. The number of amides is 1. The van der Waals surface area contributed by atoms with Gasteiger partial charge in [-0.3, -0.25) is 4.79 Å². The zero-order valence-corrected chi connectivity index (χ0v) is 10.0. The molecule has 1 amide bonds. The Balaban J connectivity index is 3.12. The fraction of sp³-hybridized carbons (Fsp3) is 0.500. The maximum absolute atomic E-state index is 10.9. The highest BCUT2D eigenvalue weighted by Gasteiger charge is 2.13. The Morgan fingerprint density at radius 1 is 1.44 bits per heavy atom. The van der Waals surface area contributed by atoms with Crippen LogP contribution in [0.1, 0.15) is 11.4 Å². The number of aryl methyl sites for hydroxylation is 1. The van der Waals surface area contributed by atoms with Crippen molar-refractivity contribution < 1.29 is 4.79 Å². The van der Waals surface area contributed by atoms with Gasteiger partial charge < -0.3 is 16.0 Å². The fourth-order valence-corrected chi connectivity index (χ4v) is 1.54. The molecule has 0 unspecified atom stereocenters. The molecule has 3 N–H and O–H groups in total. The molecule has 88 valence electrons. The van der Waals surface area contributed by atoms with Gasteiger partial charge in [0.1, 0.15) is 17.5 Å². The van der Waals surface area contributed by atoms with Crippen molar-refractivity contribution >= 4 is 17.5 Å². The summed E-state index contributed by atoms with van der Waals surface area (Å²) in [4.78, 5) is 21.1. The predicted molar refractivity (Wildman–Crippen MR) is 63.5 cm³/mol. The van der Waals surface area contributed by atoms with Crippen LogP contribution in [0.4, 0.5) is 11.6 Å². The molecule has 0 saturated carbocycles. The van der Waals surface area contributed by atoms with Crippen molar-refractivity contribution in [1.29, 1.82) is 0 Å². The van der Waals surface area contributed by atoms with Gasteiger partial charge in [-0.15, -0.1) is 0 Å². The molecule has 6 heteroatoms. The Bertz CT molecular complexity index is 404. The van der Waals surface area contributed by atoms with E-state index in [1.54, 1.807) is 19.0 Å². The molecule has 0 saturated heterocycles. The molecule has 0 aliphatic carbocycles. The molecule has 0 aromatic carbocycles. The number of nitrogens with zero attached hydrogens (tertiary/aromatic N) is 3. The lowest BCUT2D eigenvalue weighted by atomic mass is 10.3. The number of rotatable bonds is 4. The smallest absolute Gasteiger partial charge is 0.236 e. The molecule has 0 atom stereocenters. The third-order valence-electron chi connectivity index (χ3n) is 2.22. The van der Waals surface area contributed by atoms with Gasteiger partial charge in [-0.1, -0.05) is 0 Å². The number of nitrogens with one attached hydrogen (secondary N) is 1. The molecule has 0 radical (unpaired) electrons. The summed E-state index contributed by atoms with van der Waals surface area (Å²) >= 11 is 0. The first kappa shape index (κ1) is 12.2. The first-order valence-corrected chi connectivity index (χ1v) is 4.98. The molecule has 16 heavy (non-hydrogen) atoms. The second-order valence-corrected chi connectivity index (χ2v) is 3.64. The molecule has 0 spiro atoms. The van der Waals surface area contributed by atoms with Crippen LogP contribution in [0.25, 0.3) is 0 Å². The molecule has 0 aliphatic heterocycles. The minimum absolute atomic E-state index is 0.139. The van der Waals surface area contributed by atoms with E-state index in [1.165, 1.54) is 0 Å². The average molecular weight is 223 g/mol.